The Kier molecular flexibility index (Phi) is 7.98. The van der Waals surface area contributed by atoms with Crippen LogP contribution in [-0.4, -0.2) is 91.7 Å². The maximum atomic E-state index is 13.2. The molecule has 0 aromatic heterocycles. The van der Waals surface area contributed by atoms with Crippen molar-refractivity contribution in [3.05, 3.63) is 0 Å². The molecule has 3 aliphatic rings. The number of morpholine rings is 1. The lowest BCUT2D eigenvalue weighted by Gasteiger charge is -2.41. The molecular weight excluding hydrogens is 390 g/mol. The van der Waals surface area contributed by atoms with Gasteiger partial charge in [-0.25, -0.2) is 8.42 Å². The van der Waals surface area contributed by atoms with Gasteiger partial charge in [0.1, 0.15) is 6.04 Å². The van der Waals surface area contributed by atoms with Crippen LogP contribution in [0.3, 0.4) is 0 Å². The van der Waals surface area contributed by atoms with Gasteiger partial charge in [-0.1, -0.05) is 13.3 Å². The van der Waals surface area contributed by atoms with Crippen molar-refractivity contribution in [2.75, 3.05) is 45.0 Å². The van der Waals surface area contributed by atoms with Gasteiger partial charge < -0.3 is 9.64 Å². The summed E-state index contributed by atoms with van der Waals surface area (Å²) in [4.78, 5) is 17.6. The lowest BCUT2D eigenvalue weighted by Crippen LogP contribution is -2.55. The number of likely N-dealkylation sites (tertiary alicyclic amines) is 1. The number of hydrogen-bond acceptors (Lipinski definition) is 5. The average molecular weight is 430 g/mol. The van der Waals surface area contributed by atoms with E-state index in [-0.39, 0.29) is 23.9 Å². The summed E-state index contributed by atoms with van der Waals surface area (Å²) in [5.41, 5.74) is 0. The highest BCUT2D eigenvalue weighted by atomic mass is 32.2. The Morgan fingerprint density at radius 3 is 2.28 bits per heavy atom. The van der Waals surface area contributed by atoms with E-state index in [4.69, 9.17) is 4.74 Å². The predicted octanol–water partition coefficient (Wildman–Crippen LogP) is 1.93. The molecule has 3 atom stereocenters. The molecule has 168 valence electrons. The summed E-state index contributed by atoms with van der Waals surface area (Å²) in [5, 5.41) is 0. The molecule has 0 bridgehead atoms. The average Bonchev–Trinajstić information content (AvgIpc) is 2.67. The van der Waals surface area contributed by atoms with E-state index < -0.39 is 16.1 Å². The number of rotatable bonds is 6. The third-order valence-corrected chi connectivity index (χ3v) is 8.57. The molecule has 3 aliphatic heterocycles. The SMILES string of the molecule is CCCS(=O)(=O)N1CCCCC1C(=O)N1CCC(CN2CC(C)OC(C)C2)CC1. The molecule has 0 aliphatic carbocycles. The van der Waals surface area contributed by atoms with Gasteiger partial charge in [0.15, 0.2) is 0 Å². The first-order valence-corrected chi connectivity index (χ1v) is 13.1. The van der Waals surface area contributed by atoms with Gasteiger partial charge in [-0.05, 0) is 51.9 Å². The third kappa shape index (κ3) is 5.93. The van der Waals surface area contributed by atoms with Gasteiger partial charge in [-0.15, -0.1) is 0 Å². The summed E-state index contributed by atoms with van der Waals surface area (Å²) in [6, 6.07) is -0.488. The van der Waals surface area contributed by atoms with Crippen LogP contribution in [0, 0.1) is 5.92 Å². The number of sulfonamides is 1. The quantitative estimate of drug-likeness (QED) is 0.645. The topological polar surface area (TPSA) is 70.2 Å². The Morgan fingerprint density at radius 1 is 1.00 bits per heavy atom. The summed E-state index contributed by atoms with van der Waals surface area (Å²) in [6.07, 6.45) is 5.59. The molecule has 3 rings (SSSR count). The second-order valence-electron chi connectivity index (χ2n) is 9.18. The zero-order valence-corrected chi connectivity index (χ0v) is 19.2. The largest absolute Gasteiger partial charge is 0.373 e. The summed E-state index contributed by atoms with van der Waals surface area (Å²) >= 11 is 0. The fraction of sp³-hybridized carbons (Fsp3) is 0.952. The highest BCUT2D eigenvalue weighted by molar-refractivity contribution is 7.89. The molecule has 3 saturated heterocycles. The normalized spacial score (nSPS) is 31.1. The van der Waals surface area contributed by atoms with E-state index in [0.717, 1.165) is 58.4 Å². The highest BCUT2D eigenvalue weighted by Gasteiger charge is 2.39. The van der Waals surface area contributed by atoms with Crippen LogP contribution in [0.5, 0.6) is 0 Å². The van der Waals surface area contributed by atoms with Gasteiger partial charge in [-0.2, -0.15) is 4.31 Å². The zero-order chi connectivity index (χ0) is 21.0. The number of amides is 1. The molecule has 7 nitrogen and oxygen atoms in total. The zero-order valence-electron chi connectivity index (χ0n) is 18.4. The number of piperidine rings is 2. The Labute approximate surface area is 176 Å². The number of hydrogen-bond donors (Lipinski definition) is 0. The maximum Gasteiger partial charge on any atom is 0.241 e. The van der Waals surface area contributed by atoms with Gasteiger partial charge in [0, 0.05) is 39.3 Å². The monoisotopic (exact) mass is 429 g/mol. The second kappa shape index (κ2) is 10.1. The van der Waals surface area contributed by atoms with E-state index in [1.165, 1.54) is 4.31 Å². The molecule has 3 fully saturated rings. The maximum absolute atomic E-state index is 13.2. The first kappa shape index (κ1) is 23.0. The number of carbonyl (C=O) groups excluding carboxylic acids is 1. The molecular formula is C21H39N3O4S. The molecule has 0 spiro atoms. The fourth-order valence-electron chi connectivity index (χ4n) is 5.21. The molecule has 0 aromatic rings. The van der Waals surface area contributed by atoms with Crippen LogP contribution in [0.4, 0.5) is 0 Å². The van der Waals surface area contributed by atoms with Gasteiger partial charge in [-0.3, -0.25) is 9.69 Å². The Balaban J connectivity index is 1.53. The second-order valence-corrected chi connectivity index (χ2v) is 11.2. The van der Waals surface area contributed by atoms with E-state index in [1.807, 2.05) is 11.8 Å². The molecule has 0 saturated carbocycles. The standard InChI is InChI=1S/C21H39N3O4S/c1-4-13-29(26,27)24-10-6-5-7-20(24)21(25)23-11-8-19(9-12-23)16-22-14-17(2)28-18(3)15-22/h17-20H,4-16H2,1-3H3. The molecule has 0 radical (unpaired) electrons. The number of nitrogens with zero attached hydrogens (tertiary/aromatic N) is 3. The predicted molar refractivity (Wildman–Crippen MR) is 114 cm³/mol. The summed E-state index contributed by atoms with van der Waals surface area (Å²) in [6.45, 7) is 11.2. The van der Waals surface area contributed by atoms with E-state index in [1.54, 1.807) is 0 Å². The van der Waals surface area contributed by atoms with E-state index in [0.29, 0.717) is 25.3 Å². The molecule has 0 aromatic carbocycles. The number of ether oxygens (including phenoxy) is 1. The molecule has 0 N–H and O–H groups in total. The Hall–Kier alpha value is -0.700. The van der Waals surface area contributed by atoms with Crippen molar-refractivity contribution in [2.45, 2.75) is 77.5 Å². The minimum atomic E-state index is -3.34. The first-order valence-electron chi connectivity index (χ1n) is 11.5. The van der Waals surface area contributed by atoms with Gasteiger partial charge >= 0.3 is 0 Å². The van der Waals surface area contributed by atoms with Crippen molar-refractivity contribution >= 4 is 15.9 Å². The van der Waals surface area contributed by atoms with Crippen LogP contribution in [0.2, 0.25) is 0 Å². The minimum Gasteiger partial charge on any atom is -0.373 e. The summed E-state index contributed by atoms with van der Waals surface area (Å²) in [5.74, 6) is 0.759. The van der Waals surface area contributed by atoms with Crippen molar-refractivity contribution in [2.24, 2.45) is 5.92 Å². The highest BCUT2D eigenvalue weighted by Crippen LogP contribution is 2.26. The molecule has 29 heavy (non-hydrogen) atoms. The smallest absolute Gasteiger partial charge is 0.241 e. The van der Waals surface area contributed by atoms with Crippen molar-refractivity contribution < 1.29 is 17.9 Å². The lowest BCUT2D eigenvalue weighted by atomic mass is 9.94. The van der Waals surface area contributed by atoms with Crippen LogP contribution >= 0.6 is 0 Å². The van der Waals surface area contributed by atoms with Crippen LogP contribution < -0.4 is 0 Å². The first-order chi connectivity index (χ1) is 13.8. The van der Waals surface area contributed by atoms with E-state index in [9.17, 15) is 13.2 Å². The molecule has 3 heterocycles. The van der Waals surface area contributed by atoms with E-state index in [2.05, 4.69) is 18.7 Å². The molecule has 8 heteroatoms. The third-order valence-electron chi connectivity index (χ3n) is 6.50. The van der Waals surface area contributed by atoms with Crippen LogP contribution in [-0.2, 0) is 19.6 Å². The summed E-state index contributed by atoms with van der Waals surface area (Å²) < 4.78 is 32.6. The minimum absolute atomic E-state index is 0.0245. The fourth-order valence-corrected chi connectivity index (χ4v) is 6.95. The van der Waals surface area contributed by atoms with E-state index >= 15 is 0 Å². The van der Waals surface area contributed by atoms with Crippen molar-refractivity contribution in [3.8, 4) is 0 Å². The number of carbonyl (C=O) groups is 1. The van der Waals surface area contributed by atoms with Crippen molar-refractivity contribution in [1.29, 1.82) is 0 Å². The van der Waals surface area contributed by atoms with Crippen LogP contribution in [0.25, 0.3) is 0 Å². The van der Waals surface area contributed by atoms with Gasteiger partial charge in [0.05, 0.1) is 18.0 Å². The molecule has 3 unspecified atom stereocenters. The molecule has 1 amide bonds. The van der Waals surface area contributed by atoms with Gasteiger partial charge in [0.25, 0.3) is 0 Å². The Morgan fingerprint density at radius 2 is 1.66 bits per heavy atom. The lowest BCUT2D eigenvalue weighted by molar-refractivity contribution is -0.137. The Bertz CT molecular complexity index is 638. The van der Waals surface area contributed by atoms with Gasteiger partial charge in [0.2, 0.25) is 15.9 Å². The van der Waals surface area contributed by atoms with Crippen LogP contribution in [0.1, 0.15) is 59.3 Å². The van der Waals surface area contributed by atoms with Crippen molar-refractivity contribution in [1.82, 2.24) is 14.1 Å². The summed E-state index contributed by atoms with van der Waals surface area (Å²) in [7, 11) is -3.34. The van der Waals surface area contributed by atoms with Crippen LogP contribution in [0.15, 0.2) is 0 Å². The van der Waals surface area contributed by atoms with Crippen molar-refractivity contribution in [3.63, 3.8) is 0 Å².